The Kier molecular flexibility index (Phi) is 5.46. The number of sulfonamides is 1. The van der Waals surface area contributed by atoms with E-state index in [2.05, 4.69) is 0 Å². The summed E-state index contributed by atoms with van der Waals surface area (Å²) in [4.78, 5) is 12.0. The monoisotopic (exact) mass is 351 g/mol. The highest BCUT2D eigenvalue weighted by Gasteiger charge is 2.21. The first-order valence-electron chi connectivity index (χ1n) is 6.79. The van der Waals surface area contributed by atoms with Crippen LogP contribution in [-0.2, 0) is 15.8 Å². The lowest BCUT2D eigenvalue weighted by molar-refractivity contribution is 0.0693. The molecule has 23 heavy (non-hydrogen) atoms. The van der Waals surface area contributed by atoms with Gasteiger partial charge in [-0.15, -0.1) is 11.8 Å². The molecule has 0 radical (unpaired) electrons. The molecule has 0 unspecified atom stereocenters. The number of carboxylic acids is 1. The van der Waals surface area contributed by atoms with Crippen molar-refractivity contribution in [3.63, 3.8) is 0 Å². The zero-order chi connectivity index (χ0) is 17.0. The highest BCUT2D eigenvalue weighted by Crippen LogP contribution is 2.29. The predicted molar refractivity (Wildman–Crippen MR) is 90.3 cm³/mol. The average Bonchev–Trinajstić information content (AvgIpc) is 2.53. The van der Waals surface area contributed by atoms with Crippen LogP contribution in [0.25, 0.3) is 0 Å². The lowest BCUT2D eigenvalue weighted by atomic mass is 10.2. The molecule has 0 aromatic heterocycles. The number of thioether (sulfide) groups is 1. The van der Waals surface area contributed by atoms with Crippen LogP contribution in [0.2, 0.25) is 0 Å². The van der Waals surface area contributed by atoms with Gasteiger partial charge in [-0.3, -0.25) is 0 Å². The summed E-state index contributed by atoms with van der Waals surface area (Å²) in [6.45, 7) is 0. The van der Waals surface area contributed by atoms with Gasteiger partial charge in [-0.2, -0.15) is 0 Å². The second-order valence-corrected chi connectivity index (χ2v) is 8.19. The Hall–Kier alpha value is -1.83. The fraction of sp³-hybridized carbons (Fsp3) is 0.188. The third kappa shape index (κ3) is 4.13. The summed E-state index contributed by atoms with van der Waals surface area (Å²) in [6, 6.07) is 13.9. The summed E-state index contributed by atoms with van der Waals surface area (Å²) in [5.41, 5.74) is 1.06. The molecule has 0 spiro atoms. The van der Waals surface area contributed by atoms with Crippen molar-refractivity contribution in [2.24, 2.45) is 0 Å². The first kappa shape index (κ1) is 17.5. The highest BCUT2D eigenvalue weighted by molar-refractivity contribution is 7.98. The maximum Gasteiger partial charge on any atom is 0.336 e. The van der Waals surface area contributed by atoms with Crippen LogP contribution >= 0.6 is 11.8 Å². The number of hydrogen-bond acceptors (Lipinski definition) is 4. The second-order valence-electron chi connectivity index (χ2n) is 5.02. The molecule has 0 saturated carbocycles. The van der Waals surface area contributed by atoms with Crippen molar-refractivity contribution in [1.82, 2.24) is 4.31 Å². The van der Waals surface area contributed by atoms with Crippen molar-refractivity contribution in [3.05, 3.63) is 59.7 Å². The number of carbonyl (C=O) groups is 1. The van der Waals surface area contributed by atoms with Crippen LogP contribution in [0.5, 0.6) is 0 Å². The minimum atomic E-state index is -3.66. The molecule has 0 atom stereocenters. The summed E-state index contributed by atoms with van der Waals surface area (Å²) in [6.07, 6.45) is 0. The zero-order valence-corrected chi connectivity index (χ0v) is 14.4. The number of rotatable bonds is 6. The van der Waals surface area contributed by atoms with E-state index < -0.39 is 16.0 Å². The molecular weight excluding hydrogens is 334 g/mol. The third-order valence-electron chi connectivity index (χ3n) is 3.20. The molecule has 122 valence electrons. The summed E-state index contributed by atoms with van der Waals surface area (Å²) < 4.78 is 25.3. The number of carboxylic acid groups (broad SMARTS) is 1. The maximum absolute atomic E-state index is 12.1. The van der Waals surface area contributed by atoms with Crippen LogP contribution < -0.4 is 0 Å². The molecule has 0 amide bonds. The van der Waals surface area contributed by atoms with Gasteiger partial charge in [0, 0.05) is 24.7 Å². The minimum absolute atomic E-state index is 0.00569. The van der Waals surface area contributed by atoms with Crippen molar-refractivity contribution in [2.75, 3.05) is 14.1 Å². The van der Waals surface area contributed by atoms with Crippen molar-refractivity contribution in [2.45, 2.75) is 15.5 Å². The molecular formula is C16H17NO4S2. The fourth-order valence-electron chi connectivity index (χ4n) is 1.91. The normalized spacial score (nSPS) is 11.6. The largest absolute Gasteiger partial charge is 0.478 e. The molecule has 7 heteroatoms. The van der Waals surface area contributed by atoms with Crippen molar-refractivity contribution >= 4 is 27.8 Å². The van der Waals surface area contributed by atoms with E-state index in [9.17, 15) is 18.3 Å². The van der Waals surface area contributed by atoms with Crippen LogP contribution in [0.15, 0.2) is 58.3 Å². The fourth-order valence-corrected chi connectivity index (χ4v) is 3.82. The highest BCUT2D eigenvalue weighted by atomic mass is 32.2. The zero-order valence-electron chi connectivity index (χ0n) is 12.8. The Bertz CT molecular complexity index is 802. The summed E-state index contributed by atoms with van der Waals surface area (Å²) in [7, 11) is -0.835. The first-order valence-corrected chi connectivity index (χ1v) is 9.21. The van der Waals surface area contributed by atoms with Gasteiger partial charge in [-0.05, 0) is 23.8 Å². The van der Waals surface area contributed by atoms with E-state index in [0.717, 1.165) is 9.87 Å². The molecule has 0 bridgehead atoms. The molecule has 1 N–H and O–H groups in total. The Morgan fingerprint density at radius 3 is 2.35 bits per heavy atom. The number of aromatic carboxylic acids is 1. The van der Waals surface area contributed by atoms with E-state index in [-0.39, 0.29) is 10.5 Å². The SMILES string of the molecule is CN(C)S(=O)(=O)c1ccc(SCc2ccccc2)c(C(=O)O)c1. The molecule has 0 aliphatic heterocycles. The summed E-state index contributed by atoms with van der Waals surface area (Å²) in [5, 5.41) is 9.37. The van der Waals surface area contributed by atoms with Crippen molar-refractivity contribution < 1.29 is 18.3 Å². The van der Waals surface area contributed by atoms with E-state index in [1.54, 1.807) is 6.07 Å². The van der Waals surface area contributed by atoms with Crippen LogP contribution in [0.1, 0.15) is 15.9 Å². The Morgan fingerprint density at radius 1 is 1.13 bits per heavy atom. The van der Waals surface area contributed by atoms with Gasteiger partial charge in [0.05, 0.1) is 10.5 Å². The quantitative estimate of drug-likeness (QED) is 0.810. The van der Waals surface area contributed by atoms with Crippen molar-refractivity contribution in [3.8, 4) is 0 Å². The lowest BCUT2D eigenvalue weighted by Crippen LogP contribution is -2.22. The average molecular weight is 351 g/mol. The molecule has 5 nitrogen and oxygen atoms in total. The van der Waals surface area contributed by atoms with Gasteiger partial charge in [0.2, 0.25) is 10.0 Å². The molecule has 2 aromatic carbocycles. The van der Waals surface area contributed by atoms with E-state index in [1.165, 1.54) is 38.0 Å². The first-order chi connectivity index (χ1) is 10.8. The molecule has 2 aromatic rings. The number of hydrogen-bond donors (Lipinski definition) is 1. The van der Waals surface area contributed by atoms with E-state index in [1.807, 2.05) is 30.3 Å². The van der Waals surface area contributed by atoms with Gasteiger partial charge in [0.1, 0.15) is 0 Å². The van der Waals surface area contributed by atoms with Gasteiger partial charge < -0.3 is 5.11 Å². The van der Waals surface area contributed by atoms with Crippen LogP contribution in [-0.4, -0.2) is 37.9 Å². The Morgan fingerprint density at radius 2 is 1.78 bits per heavy atom. The molecule has 0 heterocycles. The molecule has 0 saturated heterocycles. The Balaban J connectivity index is 2.32. The lowest BCUT2D eigenvalue weighted by Gasteiger charge is -2.13. The van der Waals surface area contributed by atoms with E-state index >= 15 is 0 Å². The molecule has 0 aliphatic rings. The topological polar surface area (TPSA) is 74.7 Å². The molecule has 0 fully saturated rings. The summed E-state index contributed by atoms with van der Waals surface area (Å²) >= 11 is 1.37. The van der Waals surface area contributed by atoms with Gasteiger partial charge in [-0.25, -0.2) is 17.5 Å². The number of nitrogens with zero attached hydrogens (tertiary/aromatic N) is 1. The second kappa shape index (κ2) is 7.16. The van der Waals surface area contributed by atoms with Crippen LogP contribution in [0.3, 0.4) is 0 Å². The smallest absolute Gasteiger partial charge is 0.336 e. The van der Waals surface area contributed by atoms with Gasteiger partial charge in [0.25, 0.3) is 0 Å². The van der Waals surface area contributed by atoms with Gasteiger partial charge >= 0.3 is 5.97 Å². The van der Waals surface area contributed by atoms with Crippen LogP contribution in [0.4, 0.5) is 0 Å². The number of benzene rings is 2. The van der Waals surface area contributed by atoms with Crippen LogP contribution in [0, 0.1) is 0 Å². The summed E-state index contributed by atoms with van der Waals surface area (Å²) in [5.74, 6) is -0.530. The minimum Gasteiger partial charge on any atom is -0.478 e. The maximum atomic E-state index is 12.1. The van der Waals surface area contributed by atoms with E-state index in [0.29, 0.717) is 10.6 Å². The van der Waals surface area contributed by atoms with Gasteiger partial charge in [-0.1, -0.05) is 30.3 Å². The Labute approximate surface area is 140 Å². The molecule has 2 rings (SSSR count). The molecule has 0 aliphatic carbocycles. The standard InChI is InChI=1S/C16H17NO4S2/c1-17(2)23(20,21)13-8-9-15(14(10-13)16(18)19)22-11-12-6-4-3-5-7-12/h3-10H,11H2,1-2H3,(H,18,19). The van der Waals surface area contributed by atoms with Crippen molar-refractivity contribution in [1.29, 1.82) is 0 Å². The third-order valence-corrected chi connectivity index (χ3v) is 6.15. The van der Waals surface area contributed by atoms with Gasteiger partial charge in [0.15, 0.2) is 0 Å². The predicted octanol–water partition coefficient (Wildman–Crippen LogP) is 2.93. The van der Waals surface area contributed by atoms with E-state index in [4.69, 9.17) is 0 Å².